The van der Waals surface area contributed by atoms with Crippen molar-refractivity contribution in [2.24, 2.45) is 11.8 Å². The Hall–Kier alpha value is -0.470. The lowest BCUT2D eigenvalue weighted by molar-refractivity contribution is 0.397. The van der Waals surface area contributed by atoms with Crippen LogP contribution in [0.25, 0.3) is 0 Å². The van der Waals surface area contributed by atoms with Gasteiger partial charge in [0, 0.05) is 10.1 Å². The van der Waals surface area contributed by atoms with E-state index in [1.807, 2.05) is 0 Å². The van der Waals surface area contributed by atoms with Crippen LogP contribution in [0, 0.1) is 11.8 Å². The summed E-state index contributed by atoms with van der Waals surface area (Å²) in [6.45, 7) is 9.22. The first-order chi connectivity index (χ1) is 9.69. The van der Waals surface area contributed by atoms with Crippen molar-refractivity contribution >= 4 is 11.8 Å². The van der Waals surface area contributed by atoms with Crippen LogP contribution in [0.15, 0.2) is 29.2 Å². The second-order valence-corrected chi connectivity index (χ2v) is 7.84. The van der Waals surface area contributed by atoms with E-state index in [-0.39, 0.29) is 0 Å². The molecule has 1 aliphatic heterocycles. The maximum absolute atomic E-state index is 3.66. The first-order valence-corrected chi connectivity index (χ1v) is 9.02. The molecule has 0 radical (unpaired) electrons. The summed E-state index contributed by atoms with van der Waals surface area (Å²) in [6.07, 6.45) is 5.29. The number of benzene rings is 1. The molecule has 2 heteroatoms. The van der Waals surface area contributed by atoms with Gasteiger partial charge in [-0.3, -0.25) is 0 Å². The molecule has 0 fully saturated rings. The Morgan fingerprint density at radius 1 is 1.25 bits per heavy atom. The third kappa shape index (κ3) is 4.82. The van der Waals surface area contributed by atoms with Crippen LogP contribution in [0.2, 0.25) is 0 Å². The molecule has 1 aromatic carbocycles. The van der Waals surface area contributed by atoms with Gasteiger partial charge in [0.1, 0.15) is 0 Å². The molecule has 0 spiro atoms. The molecule has 0 aromatic heterocycles. The third-order valence-corrected chi connectivity index (χ3v) is 5.34. The number of hydrogen-bond acceptors (Lipinski definition) is 2. The fourth-order valence-corrected chi connectivity index (χ4v) is 4.50. The molecule has 0 saturated carbocycles. The average molecular weight is 292 g/mol. The van der Waals surface area contributed by atoms with Gasteiger partial charge in [-0.25, -0.2) is 0 Å². The molecule has 0 aliphatic carbocycles. The van der Waals surface area contributed by atoms with Crippen molar-refractivity contribution in [3.05, 3.63) is 29.8 Å². The van der Waals surface area contributed by atoms with Crippen molar-refractivity contribution in [3.63, 3.8) is 0 Å². The highest BCUT2D eigenvalue weighted by atomic mass is 32.2. The van der Waals surface area contributed by atoms with E-state index in [4.69, 9.17) is 0 Å². The summed E-state index contributed by atoms with van der Waals surface area (Å²) in [6, 6.07) is 8.93. The summed E-state index contributed by atoms with van der Waals surface area (Å²) >= 11 is 2.10. The molecule has 1 aromatic rings. The van der Waals surface area contributed by atoms with Crippen molar-refractivity contribution in [3.8, 4) is 0 Å². The van der Waals surface area contributed by atoms with Crippen molar-refractivity contribution in [1.29, 1.82) is 0 Å². The summed E-state index contributed by atoms with van der Waals surface area (Å²) in [5.74, 6) is 1.59. The molecule has 1 N–H and O–H groups in total. The molecule has 0 amide bonds. The highest BCUT2D eigenvalue weighted by Gasteiger charge is 2.24. The van der Waals surface area contributed by atoms with Crippen LogP contribution >= 0.6 is 11.8 Å². The number of thioether (sulfide) groups is 1. The first kappa shape index (κ1) is 15.9. The van der Waals surface area contributed by atoms with E-state index in [0.717, 1.165) is 23.6 Å². The van der Waals surface area contributed by atoms with Crippen LogP contribution < -0.4 is 5.32 Å². The van der Waals surface area contributed by atoms with E-state index in [0.29, 0.717) is 0 Å². The first-order valence-electron chi connectivity index (χ1n) is 8.14. The SMILES string of the molecule is CCCC(CNCC(C)C)CC1Cc2ccccc2S1. The summed E-state index contributed by atoms with van der Waals surface area (Å²) in [5.41, 5.74) is 1.56. The number of rotatable bonds is 8. The quantitative estimate of drug-likeness (QED) is 0.741. The molecule has 1 heterocycles. The largest absolute Gasteiger partial charge is 0.316 e. The van der Waals surface area contributed by atoms with Gasteiger partial charge in [0.15, 0.2) is 0 Å². The Morgan fingerprint density at radius 2 is 2.05 bits per heavy atom. The topological polar surface area (TPSA) is 12.0 Å². The van der Waals surface area contributed by atoms with Gasteiger partial charge in [0.2, 0.25) is 0 Å². The lowest BCUT2D eigenvalue weighted by Crippen LogP contribution is -2.28. The molecule has 0 saturated heterocycles. The van der Waals surface area contributed by atoms with E-state index in [9.17, 15) is 0 Å². The molecular formula is C18H29NS. The molecule has 2 rings (SSSR count). The number of nitrogens with one attached hydrogen (secondary N) is 1. The highest BCUT2D eigenvalue weighted by Crippen LogP contribution is 2.39. The molecule has 20 heavy (non-hydrogen) atoms. The summed E-state index contributed by atoms with van der Waals surface area (Å²) in [4.78, 5) is 1.52. The minimum absolute atomic E-state index is 0.752. The normalized spacial score (nSPS) is 19.3. The molecule has 2 unspecified atom stereocenters. The van der Waals surface area contributed by atoms with Gasteiger partial charge in [-0.2, -0.15) is 0 Å². The Bertz CT molecular complexity index is 377. The van der Waals surface area contributed by atoms with Gasteiger partial charge in [-0.05, 0) is 55.8 Å². The van der Waals surface area contributed by atoms with Crippen LogP contribution in [0.1, 0.15) is 45.6 Å². The van der Waals surface area contributed by atoms with E-state index < -0.39 is 0 Å². The van der Waals surface area contributed by atoms with Crippen LogP contribution in [0.5, 0.6) is 0 Å². The van der Waals surface area contributed by atoms with Gasteiger partial charge in [0.25, 0.3) is 0 Å². The second-order valence-electron chi connectivity index (χ2n) is 6.49. The Balaban J connectivity index is 1.80. The van der Waals surface area contributed by atoms with Crippen molar-refractivity contribution in [2.45, 2.75) is 56.6 Å². The summed E-state index contributed by atoms with van der Waals surface area (Å²) < 4.78 is 0. The van der Waals surface area contributed by atoms with Gasteiger partial charge < -0.3 is 5.32 Å². The Morgan fingerprint density at radius 3 is 2.75 bits per heavy atom. The Kier molecular flexibility index (Phi) is 6.44. The third-order valence-electron chi connectivity index (χ3n) is 3.99. The maximum atomic E-state index is 3.66. The average Bonchev–Trinajstić information content (AvgIpc) is 2.80. The molecule has 0 bridgehead atoms. The van der Waals surface area contributed by atoms with Crippen LogP contribution in [0.3, 0.4) is 0 Å². The fourth-order valence-electron chi connectivity index (χ4n) is 3.04. The minimum Gasteiger partial charge on any atom is -0.316 e. The van der Waals surface area contributed by atoms with Gasteiger partial charge in [-0.1, -0.05) is 45.4 Å². The van der Waals surface area contributed by atoms with E-state index in [1.54, 1.807) is 5.56 Å². The Labute approximate surface area is 128 Å². The lowest BCUT2D eigenvalue weighted by atomic mass is 9.95. The monoisotopic (exact) mass is 291 g/mol. The minimum atomic E-state index is 0.752. The lowest BCUT2D eigenvalue weighted by Gasteiger charge is -2.21. The zero-order valence-corrected chi connectivity index (χ0v) is 14.0. The van der Waals surface area contributed by atoms with Gasteiger partial charge in [0.05, 0.1) is 0 Å². The zero-order chi connectivity index (χ0) is 14.4. The van der Waals surface area contributed by atoms with Crippen LogP contribution in [-0.2, 0) is 6.42 Å². The van der Waals surface area contributed by atoms with E-state index >= 15 is 0 Å². The smallest absolute Gasteiger partial charge is 0.0138 e. The number of fused-ring (bicyclic) bond motifs is 1. The maximum Gasteiger partial charge on any atom is 0.0138 e. The van der Waals surface area contributed by atoms with E-state index in [2.05, 4.69) is 62.1 Å². The van der Waals surface area contributed by atoms with Crippen LogP contribution in [0.4, 0.5) is 0 Å². The molecule has 1 aliphatic rings. The summed E-state index contributed by atoms with van der Waals surface area (Å²) in [7, 11) is 0. The molecular weight excluding hydrogens is 262 g/mol. The standard InChI is InChI=1S/C18H29NS/c1-4-7-15(13-19-12-14(2)3)10-17-11-16-8-5-6-9-18(16)20-17/h5-6,8-9,14-15,17,19H,4,7,10-13H2,1-3H3. The molecule has 1 nitrogen and oxygen atoms in total. The highest BCUT2D eigenvalue weighted by molar-refractivity contribution is 8.00. The molecule has 2 atom stereocenters. The van der Waals surface area contributed by atoms with Gasteiger partial charge >= 0.3 is 0 Å². The van der Waals surface area contributed by atoms with Crippen molar-refractivity contribution < 1.29 is 0 Å². The number of hydrogen-bond donors (Lipinski definition) is 1. The fraction of sp³-hybridized carbons (Fsp3) is 0.667. The second kappa shape index (κ2) is 8.09. The van der Waals surface area contributed by atoms with Crippen LogP contribution in [-0.4, -0.2) is 18.3 Å². The predicted octanol–water partition coefficient (Wildman–Crippen LogP) is 4.76. The van der Waals surface area contributed by atoms with Gasteiger partial charge in [-0.15, -0.1) is 11.8 Å². The van der Waals surface area contributed by atoms with Crippen molar-refractivity contribution in [1.82, 2.24) is 5.32 Å². The predicted molar refractivity (Wildman–Crippen MR) is 90.5 cm³/mol. The zero-order valence-electron chi connectivity index (χ0n) is 13.2. The van der Waals surface area contributed by atoms with Crippen molar-refractivity contribution in [2.75, 3.05) is 13.1 Å². The summed E-state index contributed by atoms with van der Waals surface area (Å²) in [5, 5.41) is 4.45. The van der Waals surface area contributed by atoms with E-state index in [1.165, 1.54) is 37.1 Å². The molecule has 112 valence electrons.